The van der Waals surface area contributed by atoms with Gasteiger partial charge in [-0.05, 0) is 18.2 Å². The molecule has 5 nitrogen and oxygen atoms in total. The van der Waals surface area contributed by atoms with E-state index in [1.807, 2.05) is 12.1 Å². The number of benzene rings is 1. The number of pyridine rings is 1. The Morgan fingerprint density at radius 2 is 1.96 bits per heavy atom. The van der Waals surface area contributed by atoms with Gasteiger partial charge in [-0.25, -0.2) is 0 Å². The number of nitrogens with zero attached hydrogens (tertiary/aromatic N) is 3. The SMILES string of the molecule is CC(=O)N1CCN2C(=O)c3ccncc3C12c1ccc(Cl)cc1. The standard InChI is InChI=1S/C17H14ClN3O2/c1-11(22)20-8-9-21-16(23)14-6-7-19-10-15(14)17(20,21)12-2-4-13(18)5-3-12/h2-7,10H,8-9H2,1H3. The van der Waals surface area contributed by atoms with Crippen LogP contribution in [0.1, 0.15) is 28.4 Å². The molecule has 116 valence electrons. The van der Waals surface area contributed by atoms with Gasteiger partial charge in [0.2, 0.25) is 5.91 Å². The number of amides is 2. The maximum absolute atomic E-state index is 12.8. The van der Waals surface area contributed by atoms with Gasteiger partial charge in [0, 0.05) is 48.6 Å². The fourth-order valence-corrected chi connectivity index (χ4v) is 3.87. The van der Waals surface area contributed by atoms with Gasteiger partial charge in [-0.2, -0.15) is 0 Å². The number of fused-ring (bicyclic) bond motifs is 3. The Bertz CT molecular complexity index is 817. The predicted octanol–water partition coefficient (Wildman–Crippen LogP) is 2.25. The van der Waals surface area contributed by atoms with Crippen molar-refractivity contribution in [2.75, 3.05) is 13.1 Å². The van der Waals surface area contributed by atoms with Gasteiger partial charge in [-0.1, -0.05) is 23.7 Å². The van der Waals surface area contributed by atoms with E-state index in [1.54, 1.807) is 40.4 Å². The van der Waals surface area contributed by atoms with Crippen LogP contribution in [0.3, 0.4) is 0 Å². The summed E-state index contributed by atoms with van der Waals surface area (Å²) in [5.74, 6) is -0.145. The molecule has 0 aliphatic carbocycles. The lowest BCUT2D eigenvalue weighted by atomic mass is 9.91. The van der Waals surface area contributed by atoms with Crippen LogP contribution in [0.4, 0.5) is 0 Å². The van der Waals surface area contributed by atoms with E-state index in [-0.39, 0.29) is 11.8 Å². The molecule has 0 N–H and O–H groups in total. The van der Waals surface area contributed by atoms with Crippen molar-refractivity contribution in [2.24, 2.45) is 0 Å². The minimum Gasteiger partial charge on any atom is -0.310 e. The monoisotopic (exact) mass is 327 g/mol. The van der Waals surface area contributed by atoms with Gasteiger partial charge >= 0.3 is 0 Å². The van der Waals surface area contributed by atoms with Crippen molar-refractivity contribution in [1.29, 1.82) is 0 Å². The zero-order valence-corrected chi connectivity index (χ0v) is 13.2. The minimum absolute atomic E-state index is 0.0684. The summed E-state index contributed by atoms with van der Waals surface area (Å²) in [6.07, 6.45) is 3.29. The highest BCUT2D eigenvalue weighted by Gasteiger charge is 2.59. The second-order valence-corrected chi connectivity index (χ2v) is 6.16. The van der Waals surface area contributed by atoms with Gasteiger partial charge in [-0.3, -0.25) is 14.6 Å². The van der Waals surface area contributed by atoms with Gasteiger partial charge in [-0.15, -0.1) is 0 Å². The van der Waals surface area contributed by atoms with Gasteiger partial charge in [0.15, 0.2) is 5.66 Å². The third-order valence-corrected chi connectivity index (χ3v) is 4.88. The largest absolute Gasteiger partial charge is 0.310 e. The Hall–Kier alpha value is -2.40. The lowest BCUT2D eigenvalue weighted by Crippen LogP contribution is -2.51. The zero-order chi connectivity index (χ0) is 16.2. The van der Waals surface area contributed by atoms with Gasteiger partial charge in [0.1, 0.15) is 0 Å². The van der Waals surface area contributed by atoms with Crippen molar-refractivity contribution in [1.82, 2.24) is 14.8 Å². The van der Waals surface area contributed by atoms with Crippen molar-refractivity contribution in [2.45, 2.75) is 12.6 Å². The number of rotatable bonds is 1. The Kier molecular flexibility index (Phi) is 2.96. The van der Waals surface area contributed by atoms with Crippen LogP contribution in [-0.2, 0) is 10.5 Å². The highest BCUT2D eigenvalue weighted by atomic mass is 35.5. The molecule has 2 aromatic rings. The van der Waals surface area contributed by atoms with Crippen LogP contribution >= 0.6 is 11.6 Å². The first-order valence-electron chi connectivity index (χ1n) is 7.37. The molecule has 23 heavy (non-hydrogen) atoms. The first kappa shape index (κ1) is 14.2. The quantitative estimate of drug-likeness (QED) is 0.807. The van der Waals surface area contributed by atoms with Gasteiger partial charge < -0.3 is 9.80 Å². The number of hydrogen-bond donors (Lipinski definition) is 0. The molecule has 0 radical (unpaired) electrons. The van der Waals surface area contributed by atoms with E-state index >= 15 is 0 Å². The molecule has 4 rings (SSSR count). The van der Waals surface area contributed by atoms with Crippen molar-refractivity contribution < 1.29 is 9.59 Å². The van der Waals surface area contributed by atoms with E-state index in [2.05, 4.69) is 4.98 Å². The lowest BCUT2D eigenvalue weighted by Gasteiger charge is -2.39. The number of hydrogen-bond acceptors (Lipinski definition) is 3. The molecule has 3 heterocycles. The summed E-state index contributed by atoms with van der Waals surface area (Å²) in [6, 6.07) is 9.00. The third-order valence-electron chi connectivity index (χ3n) is 4.63. The summed E-state index contributed by atoms with van der Waals surface area (Å²) in [7, 11) is 0. The molecule has 6 heteroatoms. The predicted molar refractivity (Wildman–Crippen MR) is 84.9 cm³/mol. The van der Waals surface area contributed by atoms with Crippen LogP contribution in [-0.4, -0.2) is 39.7 Å². The first-order chi connectivity index (χ1) is 11.1. The minimum atomic E-state index is -0.920. The van der Waals surface area contributed by atoms with Crippen molar-refractivity contribution in [3.8, 4) is 0 Å². The molecule has 2 aliphatic rings. The van der Waals surface area contributed by atoms with Gasteiger partial charge in [0.05, 0.1) is 5.56 Å². The Morgan fingerprint density at radius 3 is 2.65 bits per heavy atom. The highest BCUT2D eigenvalue weighted by Crippen LogP contribution is 2.49. The molecule has 0 saturated carbocycles. The average Bonchev–Trinajstić information content (AvgIpc) is 3.05. The van der Waals surface area contributed by atoms with Crippen LogP contribution in [0.15, 0.2) is 42.7 Å². The fourth-order valence-electron chi connectivity index (χ4n) is 3.75. The molecule has 1 unspecified atom stereocenters. The summed E-state index contributed by atoms with van der Waals surface area (Å²) in [4.78, 5) is 32.8. The van der Waals surface area contributed by atoms with E-state index in [0.717, 1.165) is 11.1 Å². The Labute approximate surface area is 138 Å². The molecule has 1 aromatic carbocycles. The molecule has 0 bridgehead atoms. The van der Waals surface area contributed by atoms with E-state index < -0.39 is 5.66 Å². The Morgan fingerprint density at radius 1 is 1.22 bits per heavy atom. The molecule has 1 atom stereocenters. The van der Waals surface area contributed by atoms with E-state index in [4.69, 9.17) is 11.6 Å². The van der Waals surface area contributed by atoms with Crippen LogP contribution in [0.25, 0.3) is 0 Å². The molecular formula is C17H14ClN3O2. The van der Waals surface area contributed by atoms with Crippen molar-refractivity contribution in [3.05, 3.63) is 64.4 Å². The zero-order valence-electron chi connectivity index (χ0n) is 12.5. The van der Waals surface area contributed by atoms with Crippen molar-refractivity contribution in [3.63, 3.8) is 0 Å². The van der Waals surface area contributed by atoms with Crippen LogP contribution in [0, 0.1) is 0 Å². The molecule has 1 fully saturated rings. The molecule has 1 aromatic heterocycles. The summed E-state index contributed by atoms with van der Waals surface area (Å²) < 4.78 is 0. The topological polar surface area (TPSA) is 53.5 Å². The summed E-state index contributed by atoms with van der Waals surface area (Å²) in [5.41, 5.74) is 1.27. The maximum atomic E-state index is 12.8. The summed E-state index contributed by atoms with van der Waals surface area (Å²) >= 11 is 6.01. The number of halogens is 1. The van der Waals surface area contributed by atoms with E-state index in [0.29, 0.717) is 23.7 Å². The highest BCUT2D eigenvalue weighted by molar-refractivity contribution is 6.30. The maximum Gasteiger partial charge on any atom is 0.256 e. The summed E-state index contributed by atoms with van der Waals surface area (Å²) in [6.45, 7) is 2.52. The summed E-state index contributed by atoms with van der Waals surface area (Å²) in [5, 5.41) is 0.611. The lowest BCUT2D eigenvalue weighted by molar-refractivity contribution is -0.134. The second kappa shape index (κ2) is 4.80. The molecule has 2 amide bonds. The average molecular weight is 328 g/mol. The molecule has 1 saturated heterocycles. The van der Waals surface area contributed by atoms with Gasteiger partial charge in [0.25, 0.3) is 5.91 Å². The molecule has 2 aliphatic heterocycles. The van der Waals surface area contributed by atoms with Crippen LogP contribution in [0.5, 0.6) is 0 Å². The number of carbonyl (C=O) groups excluding carboxylic acids is 2. The smallest absolute Gasteiger partial charge is 0.256 e. The van der Waals surface area contributed by atoms with E-state index in [9.17, 15) is 9.59 Å². The van der Waals surface area contributed by atoms with Crippen LogP contribution in [0.2, 0.25) is 5.02 Å². The molecular weight excluding hydrogens is 314 g/mol. The van der Waals surface area contributed by atoms with Crippen LogP contribution < -0.4 is 0 Å². The first-order valence-corrected chi connectivity index (χ1v) is 7.75. The second-order valence-electron chi connectivity index (χ2n) is 5.73. The third kappa shape index (κ3) is 1.71. The van der Waals surface area contributed by atoms with Crippen molar-refractivity contribution >= 4 is 23.4 Å². The normalized spacial score (nSPS) is 22.3. The Balaban J connectivity index is 2.05. The fraction of sp³-hybridized carbons (Fsp3) is 0.235. The molecule has 0 spiro atoms. The van der Waals surface area contributed by atoms with E-state index in [1.165, 1.54) is 6.92 Å². The number of carbonyl (C=O) groups is 2. The number of aromatic nitrogens is 1.